The van der Waals surface area contributed by atoms with E-state index >= 15 is 0 Å². The van der Waals surface area contributed by atoms with Crippen molar-refractivity contribution in [1.29, 1.82) is 0 Å². The largest absolute Gasteiger partial charge is 0.417 e. The van der Waals surface area contributed by atoms with Gasteiger partial charge in [0.15, 0.2) is 11.8 Å². The van der Waals surface area contributed by atoms with Gasteiger partial charge < -0.3 is 20.1 Å². The summed E-state index contributed by atoms with van der Waals surface area (Å²) < 4.78 is 61.4. The highest BCUT2D eigenvalue weighted by Gasteiger charge is 2.56. The fourth-order valence-electron chi connectivity index (χ4n) is 4.44. The molecule has 2 aliphatic heterocycles. The Hall–Kier alpha value is -2.32. The van der Waals surface area contributed by atoms with Crippen LogP contribution in [0.5, 0.6) is 0 Å². The molecule has 0 amide bonds. The molecule has 0 bridgehead atoms. The van der Waals surface area contributed by atoms with Gasteiger partial charge in [0, 0.05) is 29.6 Å². The Balaban J connectivity index is 1.65. The molecule has 0 radical (unpaired) electrons. The number of H-pyrrole nitrogens is 1. The Labute approximate surface area is 171 Å². The van der Waals surface area contributed by atoms with Crippen LogP contribution < -0.4 is 5.32 Å². The Morgan fingerprint density at radius 2 is 1.90 bits per heavy atom. The van der Waals surface area contributed by atoms with Crippen molar-refractivity contribution < 1.29 is 27.4 Å². The van der Waals surface area contributed by atoms with Gasteiger partial charge in [0.25, 0.3) is 0 Å². The van der Waals surface area contributed by atoms with Crippen molar-refractivity contribution in [2.75, 3.05) is 0 Å². The molecule has 3 N–H and O–H groups in total. The van der Waals surface area contributed by atoms with Gasteiger partial charge in [-0.15, -0.1) is 0 Å². The monoisotopic (exact) mass is 424 g/mol. The molecule has 4 nitrogen and oxygen atoms in total. The summed E-state index contributed by atoms with van der Waals surface area (Å²) in [7, 11) is 0. The maximum atomic E-state index is 14.1. The minimum atomic E-state index is -4.87. The number of fused-ring (bicyclic) bond motifs is 3. The van der Waals surface area contributed by atoms with Gasteiger partial charge in [-0.3, -0.25) is 0 Å². The Morgan fingerprint density at radius 1 is 1.17 bits per heavy atom. The lowest BCUT2D eigenvalue weighted by atomic mass is 9.72. The molecule has 0 spiro atoms. The lowest BCUT2D eigenvalue weighted by Gasteiger charge is -2.38. The van der Waals surface area contributed by atoms with Crippen LogP contribution in [0.1, 0.15) is 54.5 Å². The Bertz CT molecular complexity index is 996. The second kappa shape index (κ2) is 6.85. The van der Waals surface area contributed by atoms with Gasteiger partial charge in [-0.05, 0) is 54.2 Å². The summed E-state index contributed by atoms with van der Waals surface area (Å²) in [6, 6.07) is 5.67. The molecule has 0 aliphatic carbocycles. The number of hydrogen-bond acceptors (Lipinski definition) is 3. The second-order valence-corrected chi connectivity index (χ2v) is 8.87. The van der Waals surface area contributed by atoms with Crippen molar-refractivity contribution in [3.63, 3.8) is 0 Å². The number of epoxide rings is 1. The predicted molar refractivity (Wildman–Crippen MR) is 104 cm³/mol. The molecule has 4 rings (SSSR count). The first-order valence-electron chi connectivity index (χ1n) is 9.75. The maximum absolute atomic E-state index is 14.1. The molecule has 1 saturated heterocycles. The standard InChI is InChI=1S/C22H24F4N2O2/c1-12-4-5-13(23)8-16(12)20(2,3)11-21(29,22(24,25)26)10-14-9-15-17(28-14)6-7-27-19-18(15)30-19/h4-9,18-19,27-29H,10-11H2,1-3H3. The zero-order valence-corrected chi connectivity index (χ0v) is 16.9. The van der Waals surface area contributed by atoms with Gasteiger partial charge >= 0.3 is 6.18 Å². The average molecular weight is 424 g/mol. The smallest absolute Gasteiger partial charge is 0.380 e. The second-order valence-electron chi connectivity index (χ2n) is 8.87. The van der Waals surface area contributed by atoms with Crippen LogP contribution in [0.2, 0.25) is 0 Å². The molecule has 1 fully saturated rings. The number of aromatic nitrogens is 1. The van der Waals surface area contributed by atoms with Crippen LogP contribution in [0.4, 0.5) is 17.6 Å². The fraction of sp³-hybridized carbons (Fsp3) is 0.455. The number of hydrogen-bond donors (Lipinski definition) is 3. The van der Waals surface area contributed by atoms with E-state index in [1.54, 1.807) is 39.1 Å². The molecule has 8 heteroatoms. The molecule has 2 aromatic rings. The number of nitrogens with one attached hydrogen (secondary N) is 2. The summed E-state index contributed by atoms with van der Waals surface area (Å²) in [5.74, 6) is -0.522. The van der Waals surface area contributed by atoms with E-state index in [2.05, 4.69) is 10.3 Å². The van der Waals surface area contributed by atoms with E-state index < -0.39 is 35.9 Å². The lowest BCUT2D eigenvalue weighted by Crippen LogP contribution is -2.51. The fourth-order valence-corrected chi connectivity index (χ4v) is 4.44. The number of aliphatic hydroxyl groups is 1. The van der Waals surface area contributed by atoms with Crippen molar-refractivity contribution in [2.24, 2.45) is 0 Å². The summed E-state index contributed by atoms with van der Waals surface area (Å²) in [5, 5.41) is 13.9. The van der Waals surface area contributed by atoms with Crippen LogP contribution in [0.25, 0.3) is 6.08 Å². The third-order valence-electron chi connectivity index (χ3n) is 5.92. The van der Waals surface area contributed by atoms with Crippen molar-refractivity contribution in [3.8, 4) is 0 Å². The molecule has 2 aliphatic rings. The van der Waals surface area contributed by atoms with Crippen LogP contribution in [0, 0.1) is 12.7 Å². The highest BCUT2D eigenvalue weighted by molar-refractivity contribution is 5.54. The third-order valence-corrected chi connectivity index (χ3v) is 5.92. The van der Waals surface area contributed by atoms with Crippen LogP contribution in [0.3, 0.4) is 0 Å². The van der Waals surface area contributed by atoms with E-state index in [-0.39, 0.29) is 18.0 Å². The van der Waals surface area contributed by atoms with Crippen molar-refractivity contribution in [1.82, 2.24) is 10.3 Å². The van der Waals surface area contributed by atoms with E-state index in [9.17, 15) is 22.7 Å². The molecule has 3 atom stereocenters. The highest BCUT2D eigenvalue weighted by Crippen LogP contribution is 2.45. The summed E-state index contributed by atoms with van der Waals surface area (Å²) in [6.07, 6.45) is -3.10. The molecular weight excluding hydrogens is 400 g/mol. The van der Waals surface area contributed by atoms with Gasteiger partial charge in [0.1, 0.15) is 11.9 Å². The first kappa shape index (κ1) is 20.9. The first-order chi connectivity index (χ1) is 13.9. The minimum Gasteiger partial charge on any atom is -0.380 e. The molecular formula is C22H24F4N2O2. The molecule has 3 heterocycles. The molecule has 0 saturated carbocycles. The van der Waals surface area contributed by atoms with E-state index in [1.165, 1.54) is 18.2 Å². The topological polar surface area (TPSA) is 60.6 Å². The van der Waals surface area contributed by atoms with Crippen LogP contribution in [-0.4, -0.2) is 28.1 Å². The number of aryl methyl sites for hydroxylation is 1. The van der Waals surface area contributed by atoms with E-state index in [1.807, 2.05) is 0 Å². The number of alkyl halides is 3. The number of halogens is 4. The molecule has 30 heavy (non-hydrogen) atoms. The zero-order valence-electron chi connectivity index (χ0n) is 16.9. The van der Waals surface area contributed by atoms with Gasteiger partial charge in [-0.1, -0.05) is 19.9 Å². The predicted octanol–water partition coefficient (Wildman–Crippen LogP) is 4.64. The summed E-state index contributed by atoms with van der Waals surface area (Å²) in [4.78, 5) is 2.98. The number of ether oxygens (including phenoxy) is 1. The maximum Gasteiger partial charge on any atom is 0.417 e. The van der Waals surface area contributed by atoms with Crippen LogP contribution >= 0.6 is 0 Å². The van der Waals surface area contributed by atoms with Crippen molar-refractivity contribution in [2.45, 2.75) is 63.1 Å². The number of rotatable bonds is 5. The number of aromatic amines is 1. The average Bonchev–Trinajstić information content (AvgIpc) is 3.31. The molecule has 162 valence electrons. The van der Waals surface area contributed by atoms with Gasteiger partial charge in [-0.25, -0.2) is 4.39 Å². The van der Waals surface area contributed by atoms with E-state index in [0.717, 1.165) is 5.56 Å². The quantitative estimate of drug-likeness (QED) is 0.484. The van der Waals surface area contributed by atoms with Crippen molar-refractivity contribution in [3.05, 3.63) is 64.4 Å². The molecule has 1 aromatic carbocycles. The number of benzene rings is 1. The SMILES string of the molecule is Cc1ccc(F)cc1C(C)(C)CC(O)(Cc1cc2c([nH]1)C=CNC1OC21)C(F)(F)F. The molecule has 1 aromatic heterocycles. The molecule has 3 unspecified atom stereocenters. The van der Waals surface area contributed by atoms with Gasteiger partial charge in [-0.2, -0.15) is 13.2 Å². The first-order valence-corrected chi connectivity index (χ1v) is 9.75. The summed E-state index contributed by atoms with van der Waals surface area (Å²) in [6.45, 7) is 4.90. The zero-order chi connectivity index (χ0) is 21.9. The highest BCUT2D eigenvalue weighted by atomic mass is 19.4. The van der Waals surface area contributed by atoms with Gasteiger partial charge in [0.05, 0.1) is 0 Å². The minimum absolute atomic E-state index is 0.178. The normalized spacial score (nSPS) is 22.5. The summed E-state index contributed by atoms with van der Waals surface area (Å²) in [5.41, 5.74) is -1.30. The van der Waals surface area contributed by atoms with E-state index in [4.69, 9.17) is 4.74 Å². The van der Waals surface area contributed by atoms with Gasteiger partial charge in [0.2, 0.25) is 0 Å². The Kier molecular flexibility index (Phi) is 4.78. The summed E-state index contributed by atoms with van der Waals surface area (Å²) >= 11 is 0. The lowest BCUT2D eigenvalue weighted by molar-refractivity contribution is -0.266. The Morgan fingerprint density at radius 3 is 2.60 bits per heavy atom. The van der Waals surface area contributed by atoms with Crippen molar-refractivity contribution >= 4 is 6.08 Å². The third kappa shape index (κ3) is 3.74. The van der Waals surface area contributed by atoms with Crippen LogP contribution in [0.15, 0.2) is 30.5 Å². The van der Waals surface area contributed by atoms with Crippen LogP contribution in [-0.2, 0) is 16.6 Å². The van der Waals surface area contributed by atoms with E-state index in [0.29, 0.717) is 16.8 Å².